The summed E-state index contributed by atoms with van der Waals surface area (Å²) in [6, 6.07) is 1.30. The van der Waals surface area contributed by atoms with E-state index in [0.717, 1.165) is 12.8 Å². The Balaban J connectivity index is 1.94. The quantitative estimate of drug-likeness (QED) is 0.466. The van der Waals surface area contributed by atoms with E-state index in [1.54, 1.807) is 0 Å². The van der Waals surface area contributed by atoms with E-state index in [1.165, 1.54) is 0 Å². The van der Waals surface area contributed by atoms with Crippen molar-refractivity contribution in [3.63, 3.8) is 0 Å². The molecule has 0 bridgehead atoms. The molecule has 4 unspecified atom stereocenters. The number of aliphatic hydroxyl groups excluding tert-OH is 2. The van der Waals surface area contributed by atoms with Crippen LogP contribution in [0, 0.1) is 11.8 Å². The molecule has 0 spiro atoms. The number of hydrogen-bond donors (Lipinski definition) is 3. The van der Waals surface area contributed by atoms with E-state index in [9.17, 15) is 0 Å². The highest BCUT2D eigenvalue weighted by Gasteiger charge is 2.45. The summed E-state index contributed by atoms with van der Waals surface area (Å²) in [6.07, 6.45) is 2.10. The monoisotopic (exact) mass is 157 g/mol. The van der Waals surface area contributed by atoms with Gasteiger partial charge in [-0.2, -0.15) is 0 Å². The third kappa shape index (κ3) is 1.28. The Bertz CT molecular complexity index is 135. The van der Waals surface area contributed by atoms with Gasteiger partial charge in [0.2, 0.25) is 0 Å². The van der Waals surface area contributed by atoms with Crippen molar-refractivity contribution in [3.05, 3.63) is 0 Å². The molecule has 3 nitrogen and oxygen atoms in total. The van der Waals surface area contributed by atoms with Crippen LogP contribution in [-0.2, 0) is 0 Å². The van der Waals surface area contributed by atoms with Crippen LogP contribution < -0.4 is 5.32 Å². The van der Waals surface area contributed by atoms with Crippen LogP contribution >= 0.6 is 0 Å². The minimum Gasteiger partial charge on any atom is -0.396 e. The van der Waals surface area contributed by atoms with Crippen LogP contribution in [0.1, 0.15) is 12.8 Å². The first kappa shape index (κ1) is 7.53. The Morgan fingerprint density at radius 1 is 1.00 bits per heavy atom. The average Bonchev–Trinajstić information content (AvgIpc) is 2.79. The fraction of sp³-hybridized carbons (Fsp3) is 1.00. The van der Waals surface area contributed by atoms with E-state index >= 15 is 0 Å². The van der Waals surface area contributed by atoms with Crippen molar-refractivity contribution in [2.45, 2.75) is 24.9 Å². The number of hydrogen-bond acceptors (Lipinski definition) is 3. The van der Waals surface area contributed by atoms with E-state index in [0.29, 0.717) is 23.9 Å². The molecule has 0 amide bonds. The lowest BCUT2D eigenvalue weighted by Crippen LogP contribution is -2.29. The molecule has 1 aliphatic heterocycles. The van der Waals surface area contributed by atoms with Gasteiger partial charge in [0.05, 0.1) is 0 Å². The molecule has 3 N–H and O–H groups in total. The van der Waals surface area contributed by atoms with E-state index in [1.807, 2.05) is 0 Å². The van der Waals surface area contributed by atoms with Crippen molar-refractivity contribution < 1.29 is 10.2 Å². The molecule has 2 aliphatic rings. The van der Waals surface area contributed by atoms with Gasteiger partial charge in [-0.15, -0.1) is 0 Å². The summed E-state index contributed by atoms with van der Waals surface area (Å²) in [5.74, 6) is 0.660. The van der Waals surface area contributed by atoms with Crippen LogP contribution in [0.15, 0.2) is 0 Å². The second kappa shape index (κ2) is 2.73. The lowest BCUT2D eigenvalue weighted by molar-refractivity contribution is 0.0970. The van der Waals surface area contributed by atoms with Crippen molar-refractivity contribution in [2.24, 2.45) is 11.8 Å². The molecule has 2 fully saturated rings. The number of aliphatic hydroxyl groups is 2. The minimum absolute atomic E-state index is 0.232. The summed E-state index contributed by atoms with van der Waals surface area (Å²) in [6.45, 7) is 0.465. The molecule has 4 atom stereocenters. The predicted octanol–water partition coefficient (Wildman–Crippen LogP) is -0.662. The SMILES string of the molecule is OCC1CC2NC2CC1CO. The molecule has 11 heavy (non-hydrogen) atoms. The highest BCUT2D eigenvalue weighted by atomic mass is 16.3. The second-order valence-electron chi connectivity index (χ2n) is 3.74. The molecule has 1 saturated heterocycles. The van der Waals surface area contributed by atoms with Crippen molar-refractivity contribution in [1.82, 2.24) is 5.32 Å². The maximum atomic E-state index is 8.99. The summed E-state index contributed by atoms with van der Waals surface area (Å²) in [5, 5.41) is 21.3. The largest absolute Gasteiger partial charge is 0.396 e. The van der Waals surface area contributed by atoms with Crippen LogP contribution in [0.5, 0.6) is 0 Å². The van der Waals surface area contributed by atoms with Crippen LogP contribution in [0.2, 0.25) is 0 Å². The van der Waals surface area contributed by atoms with Crippen molar-refractivity contribution in [1.29, 1.82) is 0 Å². The van der Waals surface area contributed by atoms with E-state index in [2.05, 4.69) is 5.32 Å². The van der Waals surface area contributed by atoms with Gasteiger partial charge >= 0.3 is 0 Å². The number of rotatable bonds is 2. The normalized spacial score (nSPS) is 48.5. The van der Waals surface area contributed by atoms with E-state index in [4.69, 9.17) is 10.2 Å². The zero-order valence-electron chi connectivity index (χ0n) is 6.53. The third-order valence-corrected chi connectivity index (χ3v) is 3.05. The molecule has 0 aromatic carbocycles. The van der Waals surface area contributed by atoms with Gasteiger partial charge in [0.1, 0.15) is 0 Å². The highest BCUT2D eigenvalue weighted by molar-refractivity contribution is 5.04. The first-order valence-corrected chi connectivity index (χ1v) is 4.33. The Hall–Kier alpha value is -0.120. The van der Waals surface area contributed by atoms with E-state index in [-0.39, 0.29) is 13.2 Å². The predicted molar refractivity (Wildman–Crippen MR) is 41.1 cm³/mol. The minimum atomic E-state index is 0.232. The molecule has 0 aromatic heterocycles. The van der Waals surface area contributed by atoms with Gasteiger partial charge in [-0.1, -0.05) is 0 Å². The summed E-state index contributed by atoms with van der Waals surface area (Å²) in [4.78, 5) is 0. The fourth-order valence-corrected chi connectivity index (χ4v) is 2.17. The summed E-state index contributed by atoms with van der Waals surface area (Å²) >= 11 is 0. The number of fused-ring (bicyclic) bond motifs is 1. The van der Waals surface area contributed by atoms with Gasteiger partial charge < -0.3 is 15.5 Å². The summed E-state index contributed by atoms with van der Waals surface area (Å²) in [7, 11) is 0. The Morgan fingerprint density at radius 2 is 1.45 bits per heavy atom. The molecular weight excluding hydrogens is 142 g/mol. The molecule has 1 aliphatic carbocycles. The molecule has 0 aromatic rings. The summed E-state index contributed by atoms with van der Waals surface area (Å²) < 4.78 is 0. The standard InChI is InChI=1S/C8H15NO2/c10-3-5-1-7-8(9-7)2-6(5)4-11/h5-11H,1-4H2. The maximum Gasteiger partial charge on any atom is 0.0463 e. The van der Waals surface area contributed by atoms with Gasteiger partial charge in [-0.3, -0.25) is 0 Å². The zero-order valence-corrected chi connectivity index (χ0v) is 6.53. The third-order valence-electron chi connectivity index (χ3n) is 3.05. The van der Waals surface area contributed by atoms with Crippen molar-refractivity contribution >= 4 is 0 Å². The van der Waals surface area contributed by atoms with Gasteiger partial charge in [-0.05, 0) is 24.7 Å². The Labute approximate surface area is 66.4 Å². The lowest BCUT2D eigenvalue weighted by atomic mass is 9.80. The summed E-state index contributed by atoms with van der Waals surface area (Å²) in [5.41, 5.74) is 0. The van der Waals surface area contributed by atoms with Gasteiger partial charge in [0.15, 0.2) is 0 Å². The zero-order chi connectivity index (χ0) is 7.84. The topological polar surface area (TPSA) is 62.4 Å². The lowest BCUT2D eigenvalue weighted by Gasteiger charge is -2.26. The fourth-order valence-electron chi connectivity index (χ4n) is 2.17. The van der Waals surface area contributed by atoms with Gasteiger partial charge in [0, 0.05) is 25.3 Å². The molecule has 1 saturated carbocycles. The Morgan fingerprint density at radius 3 is 1.82 bits per heavy atom. The maximum absolute atomic E-state index is 8.99. The van der Waals surface area contributed by atoms with Crippen molar-refractivity contribution in [2.75, 3.05) is 13.2 Å². The molecule has 64 valence electrons. The first-order chi connectivity index (χ1) is 5.35. The molecule has 0 radical (unpaired) electrons. The molecule has 3 heteroatoms. The molecular formula is C8H15NO2. The molecule has 1 heterocycles. The number of nitrogens with one attached hydrogen (secondary N) is 1. The molecule has 2 rings (SSSR count). The smallest absolute Gasteiger partial charge is 0.0463 e. The second-order valence-corrected chi connectivity index (χ2v) is 3.74. The van der Waals surface area contributed by atoms with Crippen LogP contribution in [0.25, 0.3) is 0 Å². The van der Waals surface area contributed by atoms with Gasteiger partial charge in [0.25, 0.3) is 0 Å². The van der Waals surface area contributed by atoms with E-state index < -0.39 is 0 Å². The van der Waals surface area contributed by atoms with Gasteiger partial charge in [-0.25, -0.2) is 0 Å². The van der Waals surface area contributed by atoms with Crippen molar-refractivity contribution in [3.8, 4) is 0 Å². The first-order valence-electron chi connectivity index (χ1n) is 4.33. The van der Waals surface area contributed by atoms with Crippen LogP contribution in [0.3, 0.4) is 0 Å². The van der Waals surface area contributed by atoms with Crippen LogP contribution in [-0.4, -0.2) is 35.5 Å². The highest BCUT2D eigenvalue weighted by Crippen LogP contribution is 2.36. The van der Waals surface area contributed by atoms with Crippen LogP contribution in [0.4, 0.5) is 0 Å². The Kier molecular flexibility index (Phi) is 1.87. The average molecular weight is 157 g/mol.